The largest absolute Gasteiger partial charge is 0.497 e. The van der Waals surface area contributed by atoms with Gasteiger partial charge in [0.25, 0.3) is 0 Å². The van der Waals surface area contributed by atoms with Gasteiger partial charge in [-0.2, -0.15) is 5.10 Å². The summed E-state index contributed by atoms with van der Waals surface area (Å²) in [6.45, 7) is 0. The molecule has 0 amide bonds. The molecule has 1 aliphatic rings. The Bertz CT molecular complexity index is 840. The highest BCUT2D eigenvalue weighted by molar-refractivity contribution is 5.88. The van der Waals surface area contributed by atoms with Gasteiger partial charge in [-0.25, -0.2) is 4.68 Å². The number of ether oxygens (including phenoxy) is 1. The molecule has 5 heteroatoms. The van der Waals surface area contributed by atoms with E-state index in [4.69, 9.17) is 10.5 Å². The van der Waals surface area contributed by atoms with Gasteiger partial charge in [0.05, 0.1) is 24.5 Å². The van der Waals surface area contributed by atoms with Crippen molar-refractivity contribution in [2.24, 2.45) is 5.73 Å². The third-order valence-electron chi connectivity index (χ3n) is 4.34. The predicted octanol–water partition coefficient (Wildman–Crippen LogP) is 2.25. The lowest BCUT2D eigenvalue weighted by atomic mass is 9.94. The van der Waals surface area contributed by atoms with Gasteiger partial charge < -0.3 is 10.5 Å². The van der Waals surface area contributed by atoms with Crippen LogP contribution in [0, 0.1) is 0 Å². The van der Waals surface area contributed by atoms with Crippen molar-refractivity contribution in [2.75, 3.05) is 7.11 Å². The van der Waals surface area contributed by atoms with E-state index in [9.17, 15) is 0 Å². The molecule has 0 radical (unpaired) electrons. The van der Waals surface area contributed by atoms with Crippen molar-refractivity contribution in [3.63, 3.8) is 0 Å². The first kappa shape index (κ1) is 13.3. The number of methoxy groups -OCH3 is 1. The van der Waals surface area contributed by atoms with Crippen LogP contribution in [0.1, 0.15) is 17.7 Å². The van der Waals surface area contributed by atoms with Crippen molar-refractivity contribution in [3.05, 3.63) is 47.9 Å². The van der Waals surface area contributed by atoms with E-state index in [-0.39, 0.29) is 6.04 Å². The lowest BCUT2D eigenvalue weighted by molar-refractivity contribution is 0.415. The molecule has 2 N–H and O–H groups in total. The van der Waals surface area contributed by atoms with Gasteiger partial charge in [-0.1, -0.05) is 0 Å². The Balaban J connectivity index is 1.91. The third kappa shape index (κ3) is 2.05. The number of hydrogen-bond acceptors (Lipinski definition) is 4. The fourth-order valence-electron chi connectivity index (χ4n) is 3.18. The van der Waals surface area contributed by atoms with E-state index in [1.807, 2.05) is 41.3 Å². The highest BCUT2D eigenvalue weighted by Crippen LogP contribution is 2.28. The van der Waals surface area contributed by atoms with Gasteiger partial charge in [-0.15, -0.1) is 0 Å². The number of nitrogens with two attached hydrogens (primary N) is 1. The SMILES string of the molecule is COc1ccc2nccc(-n3ncc4c3CCC(N)C4)c2c1. The topological polar surface area (TPSA) is 66.0 Å². The minimum atomic E-state index is 0.249. The summed E-state index contributed by atoms with van der Waals surface area (Å²) >= 11 is 0. The van der Waals surface area contributed by atoms with Gasteiger partial charge in [0, 0.05) is 23.3 Å². The Morgan fingerprint density at radius 1 is 1.32 bits per heavy atom. The van der Waals surface area contributed by atoms with Crippen molar-refractivity contribution < 1.29 is 4.74 Å². The maximum absolute atomic E-state index is 6.06. The van der Waals surface area contributed by atoms with Gasteiger partial charge in [0.2, 0.25) is 0 Å². The third-order valence-corrected chi connectivity index (χ3v) is 4.34. The standard InChI is InChI=1S/C17H18N4O/c1-22-13-3-4-15-14(9-13)17(6-7-19-15)21-16-5-2-12(18)8-11(16)10-20-21/h3-4,6-7,9-10,12H,2,5,8,18H2,1H3. The molecule has 4 rings (SSSR count). The van der Waals surface area contributed by atoms with Crippen molar-refractivity contribution in [3.8, 4) is 11.4 Å². The fourth-order valence-corrected chi connectivity index (χ4v) is 3.18. The second-order valence-electron chi connectivity index (χ2n) is 5.74. The van der Waals surface area contributed by atoms with E-state index >= 15 is 0 Å². The number of rotatable bonds is 2. The summed E-state index contributed by atoms with van der Waals surface area (Å²) in [6, 6.07) is 8.17. The predicted molar refractivity (Wildman–Crippen MR) is 85.4 cm³/mol. The normalized spacial score (nSPS) is 17.5. The molecule has 1 aromatic carbocycles. The number of fused-ring (bicyclic) bond motifs is 2. The quantitative estimate of drug-likeness (QED) is 0.787. The molecule has 0 spiro atoms. The highest BCUT2D eigenvalue weighted by Gasteiger charge is 2.21. The van der Waals surface area contributed by atoms with Crippen LogP contribution in [-0.4, -0.2) is 27.9 Å². The number of benzene rings is 1. The van der Waals surface area contributed by atoms with E-state index in [1.54, 1.807) is 7.11 Å². The van der Waals surface area contributed by atoms with Gasteiger partial charge in [0.15, 0.2) is 0 Å². The monoisotopic (exact) mass is 294 g/mol. The summed E-state index contributed by atoms with van der Waals surface area (Å²) in [4.78, 5) is 4.43. The minimum absolute atomic E-state index is 0.249. The highest BCUT2D eigenvalue weighted by atomic mass is 16.5. The van der Waals surface area contributed by atoms with Crippen LogP contribution in [-0.2, 0) is 12.8 Å². The molecular weight excluding hydrogens is 276 g/mol. The number of nitrogens with zero attached hydrogens (tertiary/aromatic N) is 3. The Morgan fingerprint density at radius 2 is 2.23 bits per heavy atom. The fraction of sp³-hybridized carbons (Fsp3) is 0.294. The molecule has 0 saturated carbocycles. The maximum Gasteiger partial charge on any atom is 0.119 e. The summed E-state index contributed by atoms with van der Waals surface area (Å²) in [7, 11) is 1.67. The van der Waals surface area contributed by atoms with E-state index in [2.05, 4.69) is 10.1 Å². The molecule has 0 aliphatic heterocycles. The van der Waals surface area contributed by atoms with Gasteiger partial charge in [-0.3, -0.25) is 4.98 Å². The molecule has 0 bridgehead atoms. The molecule has 22 heavy (non-hydrogen) atoms. The summed E-state index contributed by atoms with van der Waals surface area (Å²) in [5.74, 6) is 0.824. The summed E-state index contributed by atoms with van der Waals surface area (Å²) in [5, 5.41) is 5.64. The molecule has 1 atom stereocenters. The molecule has 0 saturated heterocycles. The van der Waals surface area contributed by atoms with Crippen LogP contribution in [0.4, 0.5) is 0 Å². The minimum Gasteiger partial charge on any atom is -0.497 e. The zero-order chi connectivity index (χ0) is 15.1. The lowest BCUT2D eigenvalue weighted by Gasteiger charge is -2.19. The van der Waals surface area contributed by atoms with E-state index in [0.717, 1.165) is 41.6 Å². The maximum atomic E-state index is 6.06. The summed E-state index contributed by atoms with van der Waals surface area (Å²) in [5.41, 5.74) is 10.6. The van der Waals surface area contributed by atoms with E-state index in [0.29, 0.717) is 0 Å². The first-order chi connectivity index (χ1) is 10.8. The number of pyridine rings is 1. The molecule has 3 aromatic rings. The number of aromatic nitrogens is 3. The van der Waals surface area contributed by atoms with Crippen LogP contribution < -0.4 is 10.5 Å². The smallest absolute Gasteiger partial charge is 0.119 e. The Morgan fingerprint density at radius 3 is 3.09 bits per heavy atom. The first-order valence-corrected chi connectivity index (χ1v) is 7.51. The summed E-state index contributed by atoms with van der Waals surface area (Å²) in [6.07, 6.45) is 6.64. The number of hydrogen-bond donors (Lipinski definition) is 1. The molecule has 5 nitrogen and oxygen atoms in total. The van der Waals surface area contributed by atoms with Crippen molar-refractivity contribution in [1.29, 1.82) is 0 Å². The Labute approximate surface area is 128 Å². The molecule has 1 aliphatic carbocycles. The van der Waals surface area contributed by atoms with Crippen LogP contribution >= 0.6 is 0 Å². The average Bonchev–Trinajstić information content (AvgIpc) is 2.96. The first-order valence-electron chi connectivity index (χ1n) is 7.51. The van der Waals surface area contributed by atoms with Crippen molar-refractivity contribution in [1.82, 2.24) is 14.8 Å². The van der Waals surface area contributed by atoms with Crippen molar-refractivity contribution >= 4 is 10.9 Å². The Kier molecular flexibility index (Phi) is 3.08. The Hall–Kier alpha value is -2.40. The van der Waals surface area contributed by atoms with E-state index in [1.165, 1.54) is 11.3 Å². The zero-order valence-corrected chi connectivity index (χ0v) is 12.5. The van der Waals surface area contributed by atoms with Crippen LogP contribution in [0.15, 0.2) is 36.7 Å². The zero-order valence-electron chi connectivity index (χ0n) is 12.5. The molecule has 1 unspecified atom stereocenters. The molecule has 2 heterocycles. The molecular formula is C17H18N4O. The molecule has 112 valence electrons. The second-order valence-corrected chi connectivity index (χ2v) is 5.74. The van der Waals surface area contributed by atoms with E-state index < -0.39 is 0 Å². The lowest BCUT2D eigenvalue weighted by Crippen LogP contribution is -2.28. The van der Waals surface area contributed by atoms with Gasteiger partial charge in [-0.05, 0) is 49.1 Å². The molecule has 0 fully saturated rings. The average molecular weight is 294 g/mol. The van der Waals surface area contributed by atoms with Crippen LogP contribution in [0.2, 0.25) is 0 Å². The van der Waals surface area contributed by atoms with Crippen LogP contribution in [0.5, 0.6) is 5.75 Å². The van der Waals surface area contributed by atoms with Crippen LogP contribution in [0.25, 0.3) is 16.6 Å². The second kappa shape index (κ2) is 5.10. The molecule has 2 aromatic heterocycles. The van der Waals surface area contributed by atoms with Gasteiger partial charge >= 0.3 is 0 Å². The van der Waals surface area contributed by atoms with Crippen molar-refractivity contribution in [2.45, 2.75) is 25.3 Å². The van der Waals surface area contributed by atoms with Gasteiger partial charge in [0.1, 0.15) is 5.75 Å². The van der Waals surface area contributed by atoms with Crippen LogP contribution in [0.3, 0.4) is 0 Å². The summed E-state index contributed by atoms with van der Waals surface area (Å²) < 4.78 is 7.38.